The number of halogens is 1. The molecule has 76 valence electrons. The van der Waals surface area contributed by atoms with Crippen LogP contribution in [0.4, 0.5) is 0 Å². The van der Waals surface area contributed by atoms with Crippen molar-refractivity contribution < 1.29 is 9.53 Å². The van der Waals surface area contributed by atoms with Crippen molar-refractivity contribution in [2.75, 3.05) is 13.7 Å². The Kier molecular flexibility index (Phi) is 3.66. The average molecular weight is 258 g/mol. The van der Waals surface area contributed by atoms with E-state index in [0.29, 0.717) is 11.3 Å². The van der Waals surface area contributed by atoms with Crippen LogP contribution in [0.25, 0.3) is 0 Å². The molecule has 0 amide bonds. The van der Waals surface area contributed by atoms with Gasteiger partial charge in [0.2, 0.25) is 0 Å². The third kappa shape index (κ3) is 2.13. The van der Waals surface area contributed by atoms with Crippen molar-refractivity contribution in [3.63, 3.8) is 0 Å². The fourth-order valence-corrected chi connectivity index (χ4v) is 1.62. The Bertz CT molecular complexity index is 363. The molecule has 0 spiro atoms. The monoisotopic (exact) mass is 257 g/mol. The Hall–Kier alpha value is -0.870. The van der Waals surface area contributed by atoms with Crippen LogP contribution in [0.5, 0.6) is 5.75 Å². The van der Waals surface area contributed by atoms with E-state index in [0.717, 1.165) is 10.0 Å². The molecule has 0 radical (unpaired) electrons. The number of benzene rings is 1. The lowest BCUT2D eigenvalue weighted by atomic mass is 10.1. The van der Waals surface area contributed by atoms with E-state index in [2.05, 4.69) is 15.9 Å². The summed E-state index contributed by atoms with van der Waals surface area (Å²) >= 11 is 3.35. The zero-order valence-corrected chi connectivity index (χ0v) is 9.72. The maximum absolute atomic E-state index is 11.4. The maximum atomic E-state index is 11.4. The predicted octanol–water partition coefficient (Wildman–Crippen LogP) is 1.91. The van der Waals surface area contributed by atoms with Crippen LogP contribution in [0.1, 0.15) is 15.9 Å². The van der Waals surface area contributed by atoms with E-state index in [1.165, 1.54) is 0 Å². The molecule has 0 aromatic heterocycles. The minimum Gasteiger partial charge on any atom is -0.497 e. The van der Waals surface area contributed by atoms with E-state index >= 15 is 0 Å². The smallest absolute Gasteiger partial charge is 0.177 e. The van der Waals surface area contributed by atoms with E-state index in [4.69, 9.17) is 10.5 Å². The zero-order valence-electron chi connectivity index (χ0n) is 8.13. The second-order valence-corrected chi connectivity index (χ2v) is 3.73. The number of ether oxygens (including phenoxy) is 1. The first-order chi connectivity index (χ1) is 6.60. The van der Waals surface area contributed by atoms with Gasteiger partial charge in [0, 0.05) is 10.0 Å². The molecule has 0 bridgehead atoms. The van der Waals surface area contributed by atoms with Crippen LogP contribution in [-0.4, -0.2) is 19.4 Å². The molecular formula is C10H12BrNO2. The highest BCUT2D eigenvalue weighted by Crippen LogP contribution is 2.27. The fraction of sp³-hybridized carbons (Fsp3) is 0.300. The molecule has 0 aliphatic carbocycles. The van der Waals surface area contributed by atoms with Crippen LogP contribution in [0.2, 0.25) is 0 Å². The van der Waals surface area contributed by atoms with E-state index in [1.54, 1.807) is 13.2 Å². The van der Waals surface area contributed by atoms with E-state index in [1.807, 2.05) is 13.0 Å². The van der Waals surface area contributed by atoms with Gasteiger partial charge in [-0.1, -0.05) is 0 Å². The molecule has 0 saturated heterocycles. The highest BCUT2D eigenvalue weighted by atomic mass is 79.9. The first-order valence-electron chi connectivity index (χ1n) is 4.17. The van der Waals surface area contributed by atoms with Crippen molar-refractivity contribution in [3.05, 3.63) is 27.7 Å². The number of hydrogen-bond donors (Lipinski definition) is 1. The summed E-state index contributed by atoms with van der Waals surface area (Å²) in [6.07, 6.45) is 0. The molecule has 1 aromatic carbocycles. The van der Waals surface area contributed by atoms with Gasteiger partial charge in [-0.05, 0) is 40.5 Å². The number of methoxy groups -OCH3 is 1. The van der Waals surface area contributed by atoms with Crippen LogP contribution in [0.3, 0.4) is 0 Å². The number of rotatable bonds is 3. The number of carbonyl (C=O) groups excluding carboxylic acids is 1. The molecular weight excluding hydrogens is 246 g/mol. The summed E-state index contributed by atoms with van der Waals surface area (Å²) in [5.74, 6) is 0.571. The summed E-state index contributed by atoms with van der Waals surface area (Å²) in [5, 5.41) is 0. The summed E-state index contributed by atoms with van der Waals surface area (Å²) in [6, 6.07) is 3.55. The first-order valence-corrected chi connectivity index (χ1v) is 4.96. The van der Waals surface area contributed by atoms with E-state index in [-0.39, 0.29) is 12.3 Å². The van der Waals surface area contributed by atoms with Crippen LogP contribution < -0.4 is 10.5 Å². The van der Waals surface area contributed by atoms with Gasteiger partial charge in [0.25, 0.3) is 0 Å². The number of carbonyl (C=O) groups is 1. The van der Waals surface area contributed by atoms with Gasteiger partial charge in [-0.15, -0.1) is 0 Å². The number of aryl methyl sites for hydroxylation is 1. The molecule has 3 nitrogen and oxygen atoms in total. The molecule has 0 heterocycles. The molecule has 0 aliphatic heterocycles. The third-order valence-corrected chi connectivity index (χ3v) is 3.00. The molecule has 4 heteroatoms. The molecule has 0 fully saturated rings. The van der Waals surface area contributed by atoms with Gasteiger partial charge in [-0.25, -0.2) is 0 Å². The number of Topliss-reactive ketones (excluding diaryl/α,β-unsaturated/α-hetero) is 1. The van der Waals surface area contributed by atoms with Gasteiger partial charge >= 0.3 is 0 Å². The SMILES string of the molecule is COc1cc(C)c(Br)c(C(=O)CN)c1. The van der Waals surface area contributed by atoms with Gasteiger partial charge in [0.05, 0.1) is 13.7 Å². The topological polar surface area (TPSA) is 52.3 Å². The zero-order chi connectivity index (χ0) is 10.7. The Morgan fingerprint density at radius 1 is 1.57 bits per heavy atom. The van der Waals surface area contributed by atoms with Crippen LogP contribution >= 0.6 is 15.9 Å². The lowest BCUT2D eigenvalue weighted by molar-refractivity contribution is 0.1000. The van der Waals surface area contributed by atoms with Crippen molar-refractivity contribution in [1.29, 1.82) is 0 Å². The summed E-state index contributed by atoms with van der Waals surface area (Å²) in [7, 11) is 1.57. The molecule has 0 atom stereocenters. The van der Waals surface area contributed by atoms with Gasteiger partial charge < -0.3 is 10.5 Å². The Morgan fingerprint density at radius 3 is 2.71 bits per heavy atom. The number of nitrogens with two attached hydrogens (primary N) is 1. The van der Waals surface area contributed by atoms with Gasteiger partial charge in [0.15, 0.2) is 5.78 Å². The second-order valence-electron chi connectivity index (χ2n) is 2.93. The van der Waals surface area contributed by atoms with E-state index < -0.39 is 0 Å². The molecule has 0 saturated carbocycles. The minimum atomic E-state index is -0.0983. The van der Waals surface area contributed by atoms with Gasteiger partial charge in [0.1, 0.15) is 5.75 Å². The van der Waals surface area contributed by atoms with Crippen molar-refractivity contribution in [2.24, 2.45) is 5.73 Å². The molecule has 1 rings (SSSR count). The maximum Gasteiger partial charge on any atom is 0.177 e. The highest BCUT2D eigenvalue weighted by Gasteiger charge is 2.12. The van der Waals surface area contributed by atoms with E-state index in [9.17, 15) is 4.79 Å². The number of hydrogen-bond acceptors (Lipinski definition) is 3. The number of ketones is 1. The molecule has 1 aromatic rings. The fourth-order valence-electron chi connectivity index (χ4n) is 1.17. The van der Waals surface area contributed by atoms with Crippen LogP contribution in [-0.2, 0) is 0 Å². The van der Waals surface area contributed by atoms with Crippen molar-refractivity contribution in [1.82, 2.24) is 0 Å². The predicted molar refractivity (Wildman–Crippen MR) is 58.8 cm³/mol. The quantitative estimate of drug-likeness (QED) is 0.842. The first kappa shape index (κ1) is 11.2. The summed E-state index contributed by atoms with van der Waals surface area (Å²) in [5.41, 5.74) is 6.84. The molecule has 14 heavy (non-hydrogen) atoms. The Labute approximate surface area is 91.4 Å². The third-order valence-electron chi connectivity index (χ3n) is 1.95. The summed E-state index contributed by atoms with van der Waals surface area (Å²) in [4.78, 5) is 11.4. The van der Waals surface area contributed by atoms with Crippen molar-refractivity contribution in [3.8, 4) is 5.75 Å². The standard InChI is InChI=1S/C10H12BrNO2/c1-6-3-7(14-2)4-8(10(6)11)9(13)5-12/h3-4H,5,12H2,1-2H3. The normalized spacial score (nSPS) is 10.0. The molecule has 2 N–H and O–H groups in total. The van der Waals surface area contributed by atoms with Gasteiger partial charge in [-0.3, -0.25) is 4.79 Å². The van der Waals surface area contributed by atoms with Gasteiger partial charge in [-0.2, -0.15) is 0 Å². The second kappa shape index (κ2) is 4.57. The average Bonchev–Trinajstić information content (AvgIpc) is 2.20. The van der Waals surface area contributed by atoms with Crippen LogP contribution in [0, 0.1) is 6.92 Å². The summed E-state index contributed by atoms with van der Waals surface area (Å²) < 4.78 is 5.86. The Morgan fingerprint density at radius 2 is 2.21 bits per heavy atom. The molecule has 0 aliphatic rings. The largest absolute Gasteiger partial charge is 0.497 e. The lowest BCUT2D eigenvalue weighted by Gasteiger charge is -2.08. The minimum absolute atomic E-state index is 0.00517. The van der Waals surface area contributed by atoms with Crippen molar-refractivity contribution >= 4 is 21.7 Å². The summed E-state index contributed by atoms with van der Waals surface area (Å²) in [6.45, 7) is 1.91. The van der Waals surface area contributed by atoms with Crippen LogP contribution in [0.15, 0.2) is 16.6 Å². The van der Waals surface area contributed by atoms with Crippen molar-refractivity contribution in [2.45, 2.75) is 6.92 Å². The Balaban J connectivity index is 3.27. The highest BCUT2D eigenvalue weighted by molar-refractivity contribution is 9.10. The molecule has 0 unspecified atom stereocenters. The lowest BCUT2D eigenvalue weighted by Crippen LogP contribution is -2.14.